The number of hydrogen-bond donors (Lipinski definition) is 2. The number of benzene rings is 2. The largest absolute Gasteiger partial charge is 0.352 e. The number of likely N-dealkylation sites (tertiary alicyclic amines) is 1. The quantitative estimate of drug-likeness (QED) is 0.715. The average molecular weight is 408 g/mol. The average Bonchev–Trinajstić information content (AvgIpc) is 3.05. The van der Waals surface area contributed by atoms with Gasteiger partial charge in [0.15, 0.2) is 0 Å². The van der Waals surface area contributed by atoms with Gasteiger partial charge in [0.2, 0.25) is 5.91 Å². The molecule has 0 aromatic heterocycles. The van der Waals surface area contributed by atoms with Gasteiger partial charge in [-0.15, -0.1) is 0 Å². The number of fused-ring (bicyclic) bond motifs is 1. The summed E-state index contributed by atoms with van der Waals surface area (Å²) < 4.78 is 0. The molecule has 1 saturated carbocycles. The fourth-order valence-electron chi connectivity index (χ4n) is 4.88. The monoisotopic (exact) mass is 407 g/mol. The Bertz CT molecular complexity index is 874. The first kappa shape index (κ1) is 20.9. The van der Waals surface area contributed by atoms with Gasteiger partial charge in [-0.1, -0.05) is 56.0 Å². The Labute approximate surface area is 179 Å². The van der Waals surface area contributed by atoms with Gasteiger partial charge in [0.25, 0.3) is 5.91 Å². The maximum atomic E-state index is 12.4. The van der Waals surface area contributed by atoms with E-state index in [1.807, 2.05) is 42.5 Å². The van der Waals surface area contributed by atoms with Crippen molar-refractivity contribution in [1.82, 2.24) is 15.5 Å². The van der Waals surface area contributed by atoms with Crippen molar-refractivity contribution >= 4 is 22.6 Å². The lowest BCUT2D eigenvalue weighted by Crippen LogP contribution is -2.40. The summed E-state index contributed by atoms with van der Waals surface area (Å²) in [5.41, 5.74) is 0.629. The van der Waals surface area contributed by atoms with Crippen LogP contribution < -0.4 is 10.6 Å². The molecule has 1 saturated heterocycles. The van der Waals surface area contributed by atoms with E-state index in [0.717, 1.165) is 30.3 Å². The maximum absolute atomic E-state index is 12.4. The van der Waals surface area contributed by atoms with E-state index < -0.39 is 0 Å². The van der Waals surface area contributed by atoms with Crippen LogP contribution in [0.1, 0.15) is 61.7 Å². The Kier molecular flexibility index (Phi) is 7.00. The van der Waals surface area contributed by atoms with E-state index in [1.165, 1.54) is 38.5 Å². The Morgan fingerprint density at radius 3 is 2.50 bits per heavy atom. The number of carbonyl (C=O) groups excluding carboxylic acids is 2. The highest BCUT2D eigenvalue weighted by Crippen LogP contribution is 2.25. The van der Waals surface area contributed by atoms with Crippen molar-refractivity contribution in [3.8, 4) is 0 Å². The molecule has 30 heavy (non-hydrogen) atoms. The summed E-state index contributed by atoms with van der Waals surface area (Å²) >= 11 is 0. The van der Waals surface area contributed by atoms with Crippen molar-refractivity contribution in [2.24, 2.45) is 0 Å². The van der Waals surface area contributed by atoms with Crippen LogP contribution in [-0.2, 0) is 4.79 Å². The molecular weight excluding hydrogens is 374 g/mol. The second kappa shape index (κ2) is 10.1. The predicted octanol–water partition coefficient (Wildman–Crippen LogP) is 3.87. The SMILES string of the molecule is O=C(CCNC(=O)c1ccc2ccccc2c1)NC1CCN(C2CCCCCC2)C1. The third-order valence-corrected chi connectivity index (χ3v) is 6.58. The van der Waals surface area contributed by atoms with E-state index in [2.05, 4.69) is 15.5 Å². The lowest BCUT2D eigenvalue weighted by molar-refractivity contribution is -0.121. The molecule has 2 N–H and O–H groups in total. The minimum atomic E-state index is -0.131. The van der Waals surface area contributed by atoms with Crippen molar-refractivity contribution in [2.45, 2.75) is 63.5 Å². The zero-order valence-corrected chi connectivity index (χ0v) is 17.7. The minimum Gasteiger partial charge on any atom is -0.352 e. The molecule has 2 aliphatic rings. The summed E-state index contributed by atoms with van der Waals surface area (Å²) in [7, 11) is 0. The molecule has 0 bridgehead atoms. The molecule has 4 rings (SSSR count). The maximum Gasteiger partial charge on any atom is 0.251 e. The van der Waals surface area contributed by atoms with Crippen LogP contribution in [0.15, 0.2) is 42.5 Å². The zero-order valence-electron chi connectivity index (χ0n) is 17.7. The van der Waals surface area contributed by atoms with E-state index in [-0.39, 0.29) is 17.9 Å². The van der Waals surface area contributed by atoms with Gasteiger partial charge in [-0.25, -0.2) is 0 Å². The first-order valence-electron chi connectivity index (χ1n) is 11.5. The van der Waals surface area contributed by atoms with Gasteiger partial charge in [0.05, 0.1) is 0 Å². The molecule has 0 radical (unpaired) electrons. The van der Waals surface area contributed by atoms with Crippen LogP contribution in [-0.4, -0.2) is 48.4 Å². The predicted molar refractivity (Wildman–Crippen MR) is 121 cm³/mol. The summed E-state index contributed by atoms with van der Waals surface area (Å²) in [6.07, 6.45) is 9.39. The Hall–Kier alpha value is -2.40. The van der Waals surface area contributed by atoms with E-state index in [4.69, 9.17) is 0 Å². The van der Waals surface area contributed by atoms with Gasteiger partial charge in [-0.3, -0.25) is 14.5 Å². The van der Waals surface area contributed by atoms with E-state index in [0.29, 0.717) is 24.6 Å². The van der Waals surface area contributed by atoms with Crippen LogP contribution in [0.4, 0.5) is 0 Å². The Balaban J connectivity index is 1.19. The van der Waals surface area contributed by atoms with Crippen LogP contribution >= 0.6 is 0 Å². The highest BCUT2D eigenvalue weighted by molar-refractivity contribution is 5.98. The molecule has 2 amide bonds. The highest BCUT2D eigenvalue weighted by atomic mass is 16.2. The van der Waals surface area contributed by atoms with Crippen molar-refractivity contribution < 1.29 is 9.59 Å². The van der Waals surface area contributed by atoms with E-state index in [9.17, 15) is 9.59 Å². The molecular formula is C25H33N3O2. The fraction of sp³-hybridized carbons (Fsp3) is 0.520. The highest BCUT2D eigenvalue weighted by Gasteiger charge is 2.29. The van der Waals surface area contributed by atoms with Gasteiger partial charge >= 0.3 is 0 Å². The standard InChI is InChI=1S/C25H33N3O2/c29-24(27-22-14-16-28(18-22)23-9-3-1-2-4-10-23)13-15-26-25(30)21-12-11-19-7-5-6-8-20(19)17-21/h5-8,11-12,17,22-23H,1-4,9-10,13-16,18H2,(H,26,30)(H,27,29). The van der Waals surface area contributed by atoms with Gasteiger partial charge < -0.3 is 10.6 Å². The molecule has 5 nitrogen and oxygen atoms in total. The molecule has 1 aliphatic heterocycles. The first-order valence-corrected chi connectivity index (χ1v) is 11.5. The molecule has 0 spiro atoms. The number of nitrogens with zero attached hydrogens (tertiary/aromatic N) is 1. The van der Waals surface area contributed by atoms with Gasteiger partial charge in [-0.2, -0.15) is 0 Å². The van der Waals surface area contributed by atoms with Crippen LogP contribution in [0.3, 0.4) is 0 Å². The molecule has 2 aromatic rings. The summed E-state index contributed by atoms with van der Waals surface area (Å²) in [5.74, 6) is -0.101. The molecule has 2 aromatic carbocycles. The fourth-order valence-corrected chi connectivity index (χ4v) is 4.88. The second-order valence-corrected chi connectivity index (χ2v) is 8.76. The van der Waals surface area contributed by atoms with E-state index >= 15 is 0 Å². The second-order valence-electron chi connectivity index (χ2n) is 8.76. The number of rotatable bonds is 6. The Morgan fingerprint density at radius 2 is 1.70 bits per heavy atom. The molecule has 1 heterocycles. The lowest BCUT2D eigenvalue weighted by atomic mass is 10.1. The van der Waals surface area contributed by atoms with Crippen molar-refractivity contribution in [2.75, 3.05) is 19.6 Å². The molecule has 5 heteroatoms. The first-order chi connectivity index (χ1) is 14.7. The summed E-state index contributed by atoms with van der Waals surface area (Å²) in [5, 5.41) is 8.20. The van der Waals surface area contributed by atoms with Gasteiger partial charge in [0, 0.05) is 43.7 Å². The van der Waals surface area contributed by atoms with Gasteiger partial charge in [0.1, 0.15) is 0 Å². The van der Waals surface area contributed by atoms with Gasteiger partial charge in [-0.05, 0) is 42.2 Å². The van der Waals surface area contributed by atoms with Crippen molar-refractivity contribution in [3.63, 3.8) is 0 Å². The van der Waals surface area contributed by atoms with Crippen LogP contribution in [0, 0.1) is 0 Å². The molecule has 1 atom stereocenters. The number of hydrogen-bond acceptors (Lipinski definition) is 3. The van der Waals surface area contributed by atoms with Crippen molar-refractivity contribution in [1.29, 1.82) is 0 Å². The number of carbonyl (C=O) groups is 2. The lowest BCUT2D eigenvalue weighted by Gasteiger charge is -2.26. The Morgan fingerprint density at radius 1 is 0.933 bits per heavy atom. The van der Waals surface area contributed by atoms with Crippen molar-refractivity contribution in [3.05, 3.63) is 48.0 Å². The van der Waals surface area contributed by atoms with E-state index in [1.54, 1.807) is 0 Å². The number of amides is 2. The molecule has 160 valence electrons. The summed E-state index contributed by atoms with van der Waals surface area (Å²) in [4.78, 5) is 27.3. The molecule has 2 fully saturated rings. The normalized spacial score (nSPS) is 20.7. The topological polar surface area (TPSA) is 61.4 Å². The van der Waals surface area contributed by atoms with Crippen LogP contribution in [0.2, 0.25) is 0 Å². The smallest absolute Gasteiger partial charge is 0.251 e. The zero-order chi connectivity index (χ0) is 20.8. The van der Waals surface area contributed by atoms with Crippen LogP contribution in [0.25, 0.3) is 10.8 Å². The third-order valence-electron chi connectivity index (χ3n) is 6.58. The third kappa shape index (κ3) is 5.39. The molecule has 1 unspecified atom stereocenters. The van der Waals surface area contributed by atoms with Crippen LogP contribution in [0.5, 0.6) is 0 Å². The minimum absolute atomic E-state index is 0.0292. The summed E-state index contributed by atoms with van der Waals surface area (Å²) in [6.45, 7) is 2.42. The number of nitrogens with one attached hydrogen (secondary N) is 2. The summed E-state index contributed by atoms with van der Waals surface area (Å²) in [6, 6.07) is 14.6. The molecule has 1 aliphatic carbocycles.